The minimum absolute atomic E-state index is 0.0526. The molecule has 96 valence electrons. The second kappa shape index (κ2) is 4.75. The maximum absolute atomic E-state index is 13.8. The number of benzene rings is 1. The Kier molecular flexibility index (Phi) is 3.08. The molecule has 1 aromatic carbocycles. The molecule has 5 nitrogen and oxygen atoms in total. The van der Waals surface area contributed by atoms with E-state index < -0.39 is 5.82 Å². The van der Waals surface area contributed by atoms with Crippen LogP contribution in [0.1, 0.15) is 0 Å². The summed E-state index contributed by atoms with van der Waals surface area (Å²) in [6, 6.07) is 4.68. The highest BCUT2D eigenvalue weighted by molar-refractivity contribution is 9.10. The van der Waals surface area contributed by atoms with Gasteiger partial charge in [0, 0.05) is 4.47 Å². The number of nitrogens with one attached hydrogen (secondary N) is 2. The number of hydrogen-bond donors (Lipinski definition) is 2. The van der Waals surface area contributed by atoms with Crippen LogP contribution < -0.4 is 5.32 Å². The van der Waals surface area contributed by atoms with E-state index in [1.165, 1.54) is 6.07 Å². The molecule has 0 saturated carbocycles. The summed E-state index contributed by atoms with van der Waals surface area (Å²) in [5.41, 5.74) is 0.778. The maximum atomic E-state index is 13.8. The molecule has 2 N–H and O–H groups in total. The van der Waals surface area contributed by atoms with Crippen LogP contribution in [0.3, 0.4) is 0 Å². The summed E-state index contributed by atoms with van der Waals surface area (Å²) in [7, 11) is 0. The molecule has 0 fully saturated rings. The van der Waals surface area contributed by atoms with Crippen LogP contribution in [-0.4, -0.2) is 20.2 Å². The molecule has 0 atom stereocenters. The molecule has 0 radical (unpaired) electrons. The van der Waals surface area contributed by atoms with E-state index >= 15 is 0 Å². The Labute approximate surface area is 120 Å². The molecule has 0 aliphatic heterocycles. The van der Waals surface area contributed by atoms with E-state index in [1.807, 2.05) is 0 Å². The summed E-state index contributed by atoms with van der Waals surface area (Å²) in [4.78, 5) is 8.01. The summed E-state index contributed by atoms with van der Waals surface area (Å²) in [5, 5.41) is 10.1. The van der Waals surface area contributed by atoms with E-state index in [-0.39, 0.29) is 5.28 Å². The number of halogens is 3. The van der Waals surface area contributed by atoms with Crippen molar-refractivity contribution in [2.45, 2.75) is 0 Å². The van der Waals surface area contributed by atoms with Gasteiger partial charge in [0.15, 0.2) is 5.65 Å². The Bertz CT molecular complexity index is 760. The second-order valence-electron chi connectivity index (χ2n) is 3.72. The third-order valence-corrected chi connectivity index (χ3v) is 3.13. The fourth-order valence-corrected chi connectivity index (χ4v) is 2.12. The van der Waals surface area contributed by atoms with Gasteiger partial charge in [-0.3, -0.25) is 5.10 Å². The molecule has 8 heteroatoms. The molecule has 0 saturated heterocycles. The molecule has 19 heavy (non-hydrogen) atoms. The van der Waals surface area contributed by atoms with Crippen molar-refractivity contribution in [3.63, 3.8) is 0 Å². The predicted octanol–water partition coefficient (Wildman–Crippen LogP) is 3.65. The smallest absolute Gasteiger partial charge is 0.226 e. The largest absolute Gasteiger partial charge is 0.337 e. The van der Waals surface area contributed by atoms with Crippen LogP contribution in [0.25, 0.3) is 11.0 Å². The van der Waals surface area contributed by atoms with E-state index in [0.717, 1.165) is 0 Å². The fourth-order valence-electron chi connectivity index (χ4n) is 1.62. The zero-order valence-electron chi connectivity index (χ0n) is 9.28. The van der Waals surface area contributed by atoms with Crippen LogP contribution in [-0.2, 0) is 0 Å². The third-order valence-electron chi connectivity index (χ3n) is 2.47. The first kappa shape index (κ1) is 12.3. The number of hydrogen-bond acceptors (Lipinski definition) is 4. The van der Waals surface area contributed by atoms with E-state index in [4.69, 9.17) is 11.6 Å². The topological polar surface area (TPSA) is 66.5 Å². The Hall–Kier alpha value is -1.73. The molecule has 0 bridgehead atoms. The summed E-state index contributed by atoms with van der Waals surface area (Å²) in [6.07, 6.45) is 1.55. The van der Waals surface area contributed by atoms with Gasteiger partial charge in [-0.1, -0.05) is 15.9 Å². The highest BCUT2D eigenvalue weighted by Crippen LogP contribution is 2.26. The van der Waals surface area contributed by atoms with Gasteiger partial charge in [-0.05, 0) is 29.8 Å². The van der Waals surface area contributed by atoms with Gasteiger partial charge in [-0.2, -0.15) is 15.1 Å². The van der Waals surface area contributed by atoms with Gasteiger partial charge in [0.05, 0.1) is 17.3 Å². The number of anilines is 2. The quantitative estimate of drug-likeness (QED) is 0.698. The van der Waals surface area contributed by atoms with Crippen LogP contribution in [0.15, 0.2) is 28.9 Å². The molecule has 2 aromatic heterocycles. The minimum Gasteiger partial charge on any atom is -0.337 e. The first-order valence-electron chi connectivity index (χ1n) is 5.22. The van der Waals surface area contributed by atoms with Crippen LogP contribution >= 0.6 is 27.5 Å². The van der Waals surface area contributed by atoms with Crippen molar-refractivity contribution in [2.75, 3.05) is 5.32 Å². The zero-order valence-corrected chi connectivity index (χ0v) is 11.6. The van der Waals surface area contributed by atoms with E-state index in [0.29, 0.717) is 27.0 Å². The third kappa shape index (κ3) is 2.39. The lowest BCUT2D eigenvalue weighted by Crippen LogP contribution is -1.98. The van der Waals surface area contributed by atoms with Gasteiger partial charge < -0.3 is 5.32 Å². The maximum Gasteiger partial charge on any atom is 0.226 e. The van der Waals surface area contributed by atoms with Gasteiger partial charge >= 0.3 is 0 Å². The number of nitrogens with zero attached hydrogens (tertiary/aromatic N) is 3. The molecule has 3 rings (SSSR count). The number of aromatic amines is 1. The summed E-state index contributed by atoms with van der Waals surface area (Å²) in [6.45, 7) is 0. The molecule has 0 aliphatic rings. The number of rotatable bonds is 2. The number of H-pyrrole nitrogens is 1. The highest BCUT2D eigenvalue weighted by atomic mass is 79.9. The van der Waals surface area contributed by atoms with Crippen LogP contribution in [0.4, 0.5) is 15.9 Å². The first-order valence-corrected chi connectivity index (χ1v) is 6.39. The molecule has 0 unspecified atom stereocenters. The SMILES string of the molecule is Fc1cc(Br)ccc1Nc1nc(Cl)nc2[nH]ncc12. The lowest BCUT2D eigenvalue weighted by Gasteiger charge is -2.08. The Morgan fingerprint density at radius 1 is 1.32 bits per heavy atom. The van der Waals surface area contributed by atoms with Crippen molar-refractivity contribution in [1.82, 2.24) is 20.2 Å². The highest BCUT2D eigenvalue weighted by Gasteiger charge is 2.10. The molecular weight excluding hydrogens is 337 g/mol. The van der Waals surface area contributed by atoms with Crippen LogP contribution in [0, 0.1) is 5.82 Å². The predicted molar refractivity (Wildman–Crippen MR) is 74.1 cm³/mol. The Morgan fingerprint density at radius 2 is 2.16 bits per heavy atom. The standard InChI is InChI=1S/C11H6BrClFN5/c12-5-1-2-8(7(14)3-5)16-9-6-4-15-19-10(6)18-11(13)17-9/h1-4H,(H2,15,16,17,18,19). The van der Waals surface area contributed by atoms with Crippen molar-refractivity contribution in [3.05, 3.63) is 40.0 Å². The van der Waals surface area contributed by atoms with Gasteiger partial charge in [0.1, 0.15) is 11.6 Å². The molecular formula is C11H6BrClFN5. The van der Waals surface area contributed by atoms with Crippen molar-refractivity contribution in [1.29, 1.82) is 0 Å². The van der Waals surface area contributed by atoms with E-state index in [2.05, 4.69) is 41.4 Å². The Balaban J connectivity index is 2.07. The van der Waals surface area contributed by atoms with Crippen molar-refractivity contribution < 1.29 is 4.39 Å². The monoisotopic (exact) mass is 341 g/mol. The first-order chi connectivity index (χ1) is 9.13. The second-order valence-corrected chi connectivity index (χ2v) is 4.98. The molecule has 2 heterocycles. The van der Waals surface area contributed by atoms with E-state index in [9.17, 15) is 4.39 Å². The van der Waals surface area contributed by atoms with E-state index in [1.54, 1.807) is 18.3 Å². The van der Waals surface area contributed by atoms with Crippen molar-refractivity contribution >= 4 is 50.1 Å². The lowest BCUT2D eigenvalue weighted by atomic mass is 10.3. The summed E-state index contributed by atoms with van der Waals surface area (Å²) < 4.78 is 14.4. The Morgan fingerprint density at radius 3 is 2.95 bits per heavy atom. The van der Waals surface area contributed by atoms with Crippen molar-refractivity contribution in [2.24, 2.45) is 0 Å². The molecule has 0 aliphatic carbocycles. The van der Waals surface area contributed by atoms with Crippen LogP contribution in [0.2, 0.25) is 5.28 Å². The normalized spacial score (nSPS) is 10.9. The molecule has 0 spiro atoms. The van der Waals surface area contributed by atoms with Crippen molar-refractivity contribution in [3.8, 4) is 0 Å². The number of fused-ring (bicyclic) bond motifs is 1. The average molecular weight is 343 g/mol. The number of aromatic nitrogens is 4. The zero-order chi connectivity index (χ0) is 13.4. The average Bonchev–Trinajstić information content (AvgIpc) is 2.80. The molecule has 3 aromatic rings. The summed E-state index contributed by atoms with van der Waals surface area (Å²) >= 11 is 9.00. The lowest BCUT2D eigenvalue weighted by molar-refractivity contribution is 0.631. The summed E-state index contributed by atoms with van der Waals surface area (Å²) in [5.74, 6) is -0.00859. The minimum atomic E-state index is -0.402. The van der Waals surface area contributed by atoms with Crippen LogP contribution in [0.5, 0.6) is 0 Å². The van der Waals surface area contributed by atoms with Gasteiger partial charge in [-0.15, -0.1) is 0 Å². The molecule has 0 amide bonds. The van der Waals surface area contributed by atoms with Gasteiger partial charge in [0.25, 0.3) is 0 Å². The van der Waals surface area contributed by atoms with Gasteiger partial charge in [-0.25, -0.2) is 4.39 Å². The fraction of sp³-hybridized carbons (Fsp3) is 0. The van der Waals surface area contributed by atoms with Gasteiger partial charge in [0.2, 0.25) is 5.28 Å².